The van der Waals surface area contributed by atoms with Crippen molar-refractivity contribution in [3.8, 4) is 0 Å². The highest BCUT2D eigenvalue weighted by Crippen LogP contribution is 2.24. The van der Waals surface area contributed by atoms with Crippen LogP contribution in [0.4, 0.5) is 4.39 Å². The fraction of sp³-hybridized carbons (Fsp3) is 0.816. The number of carbonyl (C=O) groups excluding carboxylic acids is 1. The van der Waals surface area contributed by atoms with E-state index in [9.17, 15) is 34.7 Å². The van der Waals surface area contributed by atoms with E-state index in [-0.39, 0.29) is 19.6 Å². The zero-order valence-electron chi connectivity index (χ0n) is 30.3. The predicted molar refractivity (Wildman–Crippen MR) is 191 cm³/mol. The quantitative estimate of drug-likeness (QED) is 0.0599. The number of hydrogen-bond acceptors (Lipinski definition) is 10. The van der Waals surface area contributed by atoms with Crippen LogP contribution in [0.3, 0.4) is 0 Å². The van der Waals surface area contributed by atoms with Crippen LogP contribution in [0.15, 0.2) is 24.3 Å². The zero-order chi connectivity index (χ0) is 36.6. The Labute approximate surface area is 299 Å². The Kier molecular flexibility index (Phi) is 23.9. The third-order valence-corrected chi connectivity index (χ3v) is 9.42. The molecule has 1 aromatic rings. The number of nitrogens with two attached hydrogens (primary N) is 1. The van der Waals surface area contributed by atoms with Gasteiger partial charge in [0.2, 0.25) is 5.91 Å². The number of aliphatic hydroxyl groups is 5. The van der Waals surface area contributed by atoms with Crippen molar-refractivity contribution >= 4 is 5.91 Å². The predicted octanol–water partition coefficient (Wildman–Crippen LogP) is 4.03. The maximum absolute atomic E-state index is 13.4. The highest BCUT2D eigenvalue weighted by molar-refractivity contribution is 5.78. The van der Waals surface area contributed by atoms with E-state index in [0.29, 0.717) is 31.6 Å². The van der Waals surface area contributed by atoms with Crippen LogP contribution in [-0.4, -0.2) is 107 Å². The van der Waals surface area contributed by atoms with E-state index in [1.165, 1.54) is 75.6 Å². The molecule has 8 N–H and O–H groups in total. The topological polar surface area (TPSA) is 184 Å². The molecule has 1 amide bonds. The maximum Gasteiger partial charge on any atom is 0.224 e. The molecule has 8 atom stereocenters. The fourth-order valence-electron chi connectivity index (χ4n) is 6.20. The van der Waals surface area contributed by atoms with Gasteiger partial charge in [-0.2, -0.15) is 0 Å². The van der Waals surface area contributed by atoms with Crippen LogP contribution < -0.4 is 11.1 Å². The van der Waals surface area contributed by atoms with Crippen molar-refractivity contribution in [2.45, 2.75) is 171 Å². The van der Waals surface area contributed by atoms with Crippen LogP contribution in [-0.2, 0) is 25.4 Å². The molecule has 50 heavy (non-hydrogen) atoms. The molecule has 0 bridgehead atoms. The molecular formula is C38H67FN2O9. The largest absolute Gasteiger partial charge is 0.390 e. The van der Waals surface area contributed by atoms with E-state index in [1.54, 1.807) is 0 Å². The Morgan fingerprint density at radius 3 is 2.04 bits per heavy atom. The number of benzene rings is 1. The molecule has 0 aliphatic carbocycles. The molecule has 1 aliphatic rings. The van der Waals surface area contributed by atoms with Gasteiger partial charge in [-0.05, 0) is 43.5 Å². The van der Waals surface area contributed by atoms with E-state index < -0.39 is 60.7 Å². The number of carbonyl (C=O) groups is 1. The summed E-state index contributed by atoms with van der Waals surface area (Å²) < 4.78 is 30.6. The average molecular weight is 715 g/mol. The van der Waals surface area contributed by atoms with Gasteiger partial charge in [0.15, 0.2) is 6.29 Å². The summed E-state index contributed by atoms with van der Waals surface area (Å²) in [6.45, 7) is 2.87. The minimum absolute atomic E-state index is 0.0417. The van der Waals surface area contributed by atoms with Gasteiger partial charge in [-0.25, -0.2) is 4.39 Å². The van der Waals surface area contributed by atoms with Gasteiger partial charge in [-0.3, -0.25) is 4.79 Å². The van der Waals surface area contributed by atoms with Crippen molar-refractivity contribution in [1.82, 2.24) is 5.32 Å². The van der Waals surface area contributed by atoms with Crippen LogP contribution in [0.2, 0.25) is 0 Å². The second-order valence-electron chi connectivity index (χ2n) is 13.8. The molecule has 12 heteroatoms. The summed E-state index contributed by atoms with van der Waals surface area (Å²) in [5.74, 6) is -0.915. The van der Waals surface area contributed by atoms with Crippen LogP contribution in [0.1, 0.15) is 122 Å². The summed E-state index contributed by atoms with van der Waals surface area (Å²) in [7, 11) is 0. The number of amides is 1. The molecule has 5 unspecified atom stereocenters. The molecule has 1 fully saturated rings. The summed E-state index contributed by atoms with van der Waals surface area (Å²) in [6.07, 6.45) is 8.35. The number of hydrogen-bond donors (Lipinski definition) is 7. The van der Waals surface area contributed by atoms with Crippen molar-refractivity contribution in [3.05, 3.63) is 35.6 Å². The van der Waals surface area contributed by atoms with Gasteiger partial charge in [0.1, 0.15) is 36.3 Å². The first-order valence-corrected chi connectivity index (χ1v) is 19.2. The van der Waals surface area contributed by atoms with Crippen LogP contribution in [0, 0.1) is 5.82 Å². The van der Waals surface area contributed by atoms with Gasteiger partial charge in [-0.1, -0.05) is 109 Å². The van der Waals surface area contributed by atoms with Crippen molar-refractivity contribution < 1.29 is 48.9 Å². The Bertz CT molecular complexity index is 992. The van der Waals surface area contributed by atoms with Gasteiger partial charge in [0, 0.05) is 6.61 Å². The normalized spacial score (nSPS) is 22.7. The Hall–Kier alpha value is -1.74. The first-order valence-electron chi connectivity index (χ1n) is 19.2. The summed E-state index contributed by atoms with van der Waals surface area (Å²) in [6, 6.07) is 4.37. The number of aliphatic hydroxyl groups excluding tert-OH is 5. The third-order valence-electron chi connectivity index (χ3n) is 9.42. The van der Waals surface area contributed by atoms with E-state index in [4.69, 9.17) is 19.9 Å². The highest BCUT2D eigenvalue weighted by Gasteiger charge is 2.45. The Morgan fingerprint density at radius 2 is 1.42 bits per heavy atom. The molecular weight excluding hydrogens is 647 g/mol. The van der Waals surface area contributed by atoms with Gasteiger partial charge < -0.3 is 50.8 Å². The lowest BCUT2D eigenvalue weighted by Crippen LogP contribution is -2.60. The smallest absolute Gasteiger partial charge is 0.224 e. The molecule has 0 spiro atoms. The van der Waals surface area contributed by atoms with E-state index in [1.807, 2.05) is 0 Å². The molecule has 290 valence electrons. The van der Waals surface area contributed by atoms with Crippen LogP contribution >= 0.6 is 0 Å². The van der Waals surface area contributed by atoms with Gasteiger partial charge >= 0.3 is 0 Å². The molecule has 1 aliphatic heterocycles. The molecule has 0 saturated carbocycles. The molecule has 1 saturated heterocycles. The molecule has 1 heterocycles. The second kappa shape index (κ2) is 26.9. The van der Waals surface area contributed by atoms with Gasteiger partial charge in [0.05, 0.1) is 31.8 Å². The number of halogens is 1. The summed E-state index contributed by atoms with van der Waals surface area (Å²) in [4.78, 5) is 13.0. The second-order valence-corrected chi connectivity index (χ2v) is 13.8. The van der Waals surface area contributed by atoms with E-state index >= 15 is 0 Å². The lowest BCUT2D eigenvalue weighted by atomic mass is 9.98. The average Bonchev–Trinajstić information content (AvgIpc) is 3.11. The zero-order valence-corrected chi connectivity index (χ0v) is 30.3. The monoisotopic (exact) mass is 714 g/mol. The number of nitrogens with one attached hydrogen (secondary N) is 1. The Balaban J connectivity index is 1.89. The number of unbranched alkanes of at least 4 members (excludes halogenated alkanes) is 14. The minimum atomic E-state index is -1.61. The van der Waals surface area contributed by atoms with Crippen molar-refractivity contribution in [1.29, 1.82) is 0 Å². The first-order chi connectivity index (χ1) is 24.2. The third kappa shape index (κ3) is 18.1. The van der Waals surface area contributed by atoms with E-state index in [0.717, 1.165) is 44.9 Å². The van der Waals surface area contributed by atoms with Gasteiger partial charge in [-0.15, -0.1) is 0 Å². The first kappa shape index (κ1) is 44.4. The molecule has 2 rings (SSSR count). The number of rotatable bonds is 29. The highest BCUT2D eigenvalue weighted by atomic mass is 19.1. The van der Waals surface area contributed by atoms with Crippen molar-refractivity contribution in [3.63, 3.8) is 0 Å². The lowest BCUT2D eigenvalue weighted by molar-refractivity contribution is -0.304. The fourth-order valence-corrected chi connectivity index (χ4v) is 6.20. The Morgan fingerprint density at radius 1 is 0.840 bits per heavy atom. The summed E-state index contributed by atoms with van der Waals surface area (Å²) in [5, 5.41) is 56.4. The van der Waals surface area contributed by atoms with E-state index in [2.05, 4.69) is 12.2 Å². The summed E-state index contributed by atoms with van der Waals surface area (Å²) in [5.41, 5.74) is 6.08. The molecule has 0 radical (unpaired) electrons. The van der Waals surface area contributed by atoms with Crippen molar-refractivity contribution in [2.24, 2.45) is 5.73 Å². The SMILES string of the molecule is CCCCCCCCCCCCCC[C@@H](O)[C@@H](O)[C@H](COC1OC(COCCCCCCN)C(O)C(O)C1O)NC(=O)Cc1ccc(F)cc1. The minimum Gasteiger partial charge on any atom is -0.390 e. The maximum atomic E-state index is 13.4. The van der Waals surface area contributed by atoms with Crippen molar-refractivity contribution in [2.75, 3.05) is 26.4 Å². The lowest BCUT2D eigenvalue weighted by Gasteiger charge is -2.40. The summed E-state index contributed by atoms with van der Waals surface area (Å²) >= 11 is 0. The molecule has 0 aromatic heterocycles. The molecule has 1 aromatic carbocycles. The van der Waals surface area contributed by atoms with Crippen LogP contribution in [0.5, 0.6) is 0 Å². The van der Waals surface area contributed by atoms with Gasteiger partial charge in [0.25, 0.3) is 0 Å². The standard InChI is InChI=1S/C38H67FN2O9/c1-2-3-4-5-6-7-8-9-10-11-12-15-18-31(42)34(44)30(41-33(43)25-28-19-21-29(39)22-20-28)26-49-38-37(47)36(46)35(45)32(50-38)27-48-24-17-14-13-16-23-40/h19-22,30-32,34-38,42,44-47H,2-18,23-27,40H2,1H3,(H,41,43)/t30-,31+,32?,34-,35?,36?,37?,38?/m0/s1. The molecule has 11 nitrogen and oxygen atoms in total. The number of ether oxygens (including phenoxy) is 3. The van der Waals surface area contributed by atoms with Crippen LogP contribution in [0.25, 0.3) is 0 Å².